The summed E-state index contributed by atoms with van der Waals surface area (Å²) in [6, 6.07) is 11.2. The highest BCUT2D eigenvalue weighted by Crippen LogP contribution is 2.30. The van der Waals surface area contributed by atoms with Crippen LogP contribution < -0.4 is 10.6 Å². The molecular weight excluding hydrogens is 426 g/mol. The minimum absolute atomic E-state index is 0.0502. The van der Waals surface area contributed by atoms with Crippen molar-refractivity contribution in [2.45, 2.75) is 11.7 Å². The number of nitrogens with zero attached hydrogens (tertiary/aromatic N) is 4. The number of carboxylic acids is 1. The Hall–Kier alpha value is -4.06. The maximum atomic E-state index is 12.7. The van der Waals surface area contributed by atoms with Gasteiger partial charge < -0.3 is 10.8 Å². The minimum atomic E-state index is -1.18. The van der Waals surface area contributed by atoms with Gasteiger partial charge in [0, 0.05) is 24.1 Å². The molecule has 1 aliphatic rings. The van der Waals surface area contributed by atoms with E-state index in [-0.39, 0.29) is 28.5 Å². The summed E-state index contributed by atoms with van der Waals surface area (Å²) >= 11 is 0.849. The fraction of sp³-hybridized carbons (Fsp3) is 0.105. The number of rotatable bonds is 6. The maximum absolute atomic E-state index is 12.7. The van der Waals surface area contributed by atoms with Crippen LogP contribution in [0.15, 0.2) is 58.7 Å². The average Bonchev–Trinajstić information content (AvgIpc) is 3.01. The monoisotopic (exact) mass is 441 g/mol. The first-order valence-electron chi connectivity index (χ1n) is 8.74. The summed E-state index contributed by atoms with van der Waals surface area (Å²) in [7, 11) is 0. The molecule has 31 heavy (non-hydrogen) atoms. The number of non-ortho nitro benzene ring substituents is 1. The number of carbonyl (C=O) groups excluding carboxylic acids is 2. The first kappa shape index (κ1) is 21.6. The SMILES string of the molecule is NC(=N/N=C\c1cccc([N+](=O)[O-])c1)S[C@@H]1CC(=O)N(c2cccc(C(=O)O)c2)C1=O. The molecule has 11 nitrogen and oxygen atoms in total. The van der Waals surface area contributed by atoms with Crippen molar-refractivity contribution in [2.75, 3.05) is 4.90 Å². The van der Waals surface area contributed by atoms with Gasteiger partial charge in [-0.05, 0) is 18.2 Å². The molecule has 3 N–H and O–H groups in total. The number of carboxylic acid groups (broad SMARTS) is 1. The Bertz CT molecular complexity index is 1130. The van der Waals surface area contributed by atoms with Gasteiger partial charge in [0.1, 0.15) is 5.25 Å². The van der Waals surface area contributed by atoms with E-state index >= 15 is 0 Å². The Morgan fingerprint density at radius 2 is 2.00 bits per heavy atom. The van der Waals surface area contributed by atoms with Gasteiger partial charge in [-0.25, -0.2) is 9.69 Å². The predicted molar refractivity (Wildman–Crippen MR) is 114 cm³/mol. The number of aromatic carboxylic acids is 1. The van der Waals surface area contributed by atoms with E-state index in [0.717, 1.165) is 16.7 Å². The van der Waals surface area contributed by atoms with Gasteiger partial charge in [-0.1, -0.05) is 30.0 Å². The van der Waals surface area contributed by atoms with Gasteiger partial charge in [0.05, 0.1) is 22.4 Å². The van der Waals surface area contributed by atoms with Gasteiger partial charge in [0.15, 0.2) is 5.17 Å². The zero-order valence-electron chi connectivity index (χ0n) is 15.7. The number of carbonyl (C=O) groups is 3. The van der Waals surface area contributed by atoms with Gasteiger partial charge in [0.25, 0.3) is 5.69 Å². The highest BCUT2D eigenvalue weighted by atomic mass is 32.2. The van der Waals surface area contributed by atoms with Gasteiger partial charge in [-0.3, -0.25) is 19.7 Å². The number of anilines is 1. The molecular formula is C19H15N5O6S. The number of imide groups is 1. The molecule has 0 aliphatic carbocycles. The molecule has 1 fully saturated rings. The van der Waals surface area contributed by atoms with E-state index in [1.54, 1.807) is 6.07 Å². The van der Waals surface area contributed by atoms with E-state index < -0.39 is 28.0 Å². The van der Waals surface area contributed by atoms with Crippen LogP contribution in [0.1, 0.15) is 22.3 Å². The second-order valence-electron chi connectivity index (χ2n) is 6.27. The van der Waals surface area contributed by atoms with E-state index in [9.17, 15) is 24.5 Å². The van der Waals surface area contributed by atoms with Gasteiger partial charge >= 0.3 is 5.97 Å². The molecule has 2 aromatic rings. The second-order valence-corrected chi connectivity index (χ2v) is 7.49. The lowest BCUT2D eigenvalue weighted by Gasteiger charge is -2.15. The smallest absolute Gasteiger partial charge is 0.335 e. The summed E-state index contributed by atoms with van der Waals surface area (Å²) in [6.07, 6.45) is 1.14. The molecule has 0 bridgehead atoms. The number of thioether (sulfide) groups is 1. The lowest BCUT2D eigenvalue weighted by atomic mass is 10.2. The van der Waals surface area contributed by atoms with Crippen molar-refractivity contribution >= 4 is 52.3 Å². The summed E-state index contributed by atoms with van der Waals surface area (Å²) in [5.74, 6) is -2.21. The van der Waals surface area contributed by atoms with Crippen molar-refractivity contribution in [1.82, 2.24) is 0 Å². The first-order chi connectivity index (χ1) is 14.8. The zero-order valence-corrected chi connectivity index (χ0v) is 16.6. The highest BCUT2D eigenvalue weighted by molar-refractivity contribution is 8.14. The summed E-state index contributed by atoms with van der Waals surface area (Å²) in [5.41, 5.74) is 6.23. The number of amidine groups is 1. The number of nitro groups is 1. The molecule has 0 spiro atoms. The van der Waals surface area contributed by atoms with Crippen LogP contribution in [-0.2, 0) is 9.59 Å². The number of amides is 2. The molecule has 0 radical (unpaired) electrons. The van der Waals surface area contributed by atoms with Crippen LogP contribution >= 0.6 is 11.8 Å². The van der Waals surface area contributed by atoms with Crippen LogP contribution in [0.25, 0.3) is 0 Å². The number of hydrogen-bond donors (Lipinski definition) is 2. The lowest BCUT2D eigenvalue weighted by Crippen LogP contribution is -2.32. The molecule has 1 heterocycles. The van der Waals surface area contributed by atoms with Crippen LogP contribution in [0, 0.1) is 10.1 Å². The summed E-state index contributed by atoms with van der Waals surface area (Å²) in [5, 5.41) is 26.5. The average molecular weight is 441 g/mol. The van der Waals surface area contributed by atoms with E-state index in [1.165, 1.54) is 48.7 Å². The molecule has 0 saturated carbocycles. The quantitative estimate of drug-likeness (QED) is 0.225. The fourth-order valence-electron chi connectivity index (χ4n) is 2.79. The highest BCUT2D eigenvalue weighted by Gasteiger charge is 2.40. The molecule has 1 saturated heterocycles. The van der Waals surface area contributed by atoms with Crippen molar-refractivity contribution in [1.29, 1.82) is 0 Å². The normalized spacial score (nSPS) is 16.8. The summed E-state index contributed by atoms with van der Waals surface area (Å²) in [4.78, 5) is 47.3. The third-order valence-corrected chi connectivity index (χ3v) is 5.14. The molecule has 2 amide bonds. The summed E-state index contributed by atoms with van der Waals surface area (Å²) in [6.45, 7) is 0. The van der Waals surface area contributed by atoms with Crippen molar-refractivity contribution < 1.29 is 24.4 Å². The molecule has 12 heteroatoms. The number of hydrogen-bond acceptors (Lipinski definition) is 8. The third-order valence-electron chi connectivity index (χ3n) is 4.16. The van der Waals surface area contributed by atoms with Crippen molar-refractivity contribution in [3.05, 3.63) is 69.8 Å². The largest absolute Gasteiger partial charge is 0.478 e. The van der Waals surface area contributed by atoms with E-state index in [1.807, 2.05) is 0 Å². The van der Waals surface area contributed by atoms with Crippen LogP contribution in [0.3, 0.4) is 0 Å². The van der Waals surface area contributed by atoms with E-state index in [0.29, 0.717) is 5.56 Å². The number of nitrogens with two attached hydrogens (primary N) is 1. The minimum Gasteiger partial charge on any atom is -0.478 e. The van der Waals surface area contributed by atoms with Gasteiger partial charge in [0.2, 0.25) is 11.8 Å². The van der Waals surface area contributed by atoms with Crippen LogP contribution in [0.2, 0.25) is 0 Å². The second kappa shape index (κ2) is 9.17. The fourth-order valence-corrected chi connectivity index (χ4v) is 3.60. The first-order valence-corrected chi connectivity index (χ1v) is 9.62. The standard InChI is InChI=1S/C19H15N5O6S/c20-19(22-21-10-11-3-1-6-14(7-11)24(29)30)31-15-9-16(25)23(17(15)26)13-5-2-4-12(8-13)18(27)28/h1-8,10,15H,9H2,(H2,20,22)(H,27,28)/b21-10-/t15-/m1/s1. The Morgan fingerprint density at radius 1 is 1.26 bits per heavy atom. The van der Waals surface area contributed by atoms with Crippen LogP contribution in [-0.4, -0.2) is 44.4 Å². The molecule has 158 valence electrons. The Balaban J connectivity index is 1.69. The molecule has 1 atom stereocenters. The van der Waals surface area contributed by atoms with Crippen molar-refractivity contribution in [3.63, 3.8) is 0 Å². The topological polar surface area (TPSA) is 169 Å². The lowest BCUT2D eigenvalue weighted by molar-refractivity contribution is -0.384. The zero-order chi connectivity index (χ0) is 22.5. The van der Waals surface area contributed by atoms with Crippen molar-refractivity contribution in [3.8, 4) is 0 Å². The number of benzene rings is 2. The van der Waals surface area contributed by atoms with Crippen LogP contribution in [0.4, 0.5) is 11.4 Å². The van der Waals surface area contributed by atoms with Gasteiger partial charge in [-0.2, -0.15) is 5.10 Å². The van der Waals surface area contributed by atoms with E-state index in [2.05, 4.69) is 10.2 Å². The Kier molecular flexibility index (Phi) is 6.40. The maximum Gasteiger partial charge on any atom is 0.335 e. The molecule has 0 unspecified atom stereocenters. The molecule has 1 aliphatic heterocycles. The van der Waals surface area contributed by atoms with Gasteiger partial charge in [-0.15, -0.1) is 5.10 Å². The Labute approximate surface area is 179 Å². The molecule has 0 aromatic heterocycles. The van der Waals surface area contributed by atoms with Crippen molar-refractivity contribution in [2.24, 2.45) is 15.9 Å². The predicted octanol–water partition coefficient (Wildman–Crippen LogP) is 2.01. The third kappa shape index (κ3) is 5.11. The molecule has 2 aromatic carbocycles. The van der Waals surface area contributed by atoms with Crippen LogP contribution in [0.5, 0.6) is 0 Å². The van der Waals surface area contributed by atoms with E-state index in [4.69, 9.17) is 10.8 Å². The number of nitro benzene ring substituents is 1. The molecule has 3 rings (SSSR count). The summed E-state index contributed by atoms with van der Waals surface area (Å²) < 4.78 is 0. The Morgan fingerprint density at radius 3 is 2.71 bits per heavy atom.